The molecule has 2 aliphatic heterocycles. The molecule has 0 aliphatic carbocycles. The van der Waals surface area contributed by atoms with E-state index in [0.717, 1.165) is 32.6 Å². The molecule has 2 aliphatic rings. The quantitative estimate of drug-likeness (QED) is 0.891. The van der Waals surface area contributed by atoms with Crippen LogP contribution in [0, 0.1) is 0 Å². The Balaban J connectivity index is 1.50. The number of aromatic amines is 1. The molecule has 0 saturated carbocycles. The van der Waals surface area contributed by atoms with Gasteiger partial charge in [0.2, 0.25) is 5.91 Å². The average Bonchev–Trinajstić information content (AvgIpc) is 3.10. The molecule has 1 amide bonds. The molecule has 1 atom stereocenters. The van der Waals surface area contributed by atoms with E-state index in [2.05, 4.69) is 15.1 Å². The minimum Gasteiger partial charge on any atom is -0.342 e. The summed E-state index contributed by atoms with van der Waals surface area (Å²) in [7, 11) is 0. The van der Waals surface area contributed by atoms with Crippen molar-refractivity contribution in [1.29, 1.82) is 0 Å². The first-order valence-corrected chi connectivity index (χ1v) is 7.32. The predicted molar refractivity (Wildman–Crippen MR) is 72.8 cm³/mol. The van der Waals surface area contributed by atoms with Gasteiger partial charge in [0, 0.05) is 37.4 Å². The summed E-state index contributed by atoms with van der Waals surface area (Å²) >= 11 is 0. The molecule has 104 valence electrons. The van der Waals surface area contributed by atoms with Crippen molar-refractivity contribution in [3.8, 4) is 0 Å². The maximum atomic E-state index is 12.2. The average molecular weight is 262 g/mol. The number of amides is 1. The van der Waals surface area contributed by atoms with E-state index in [1.54, 1.807) is 6.20 Å². The first-order chi connectivity index (χ1) is 9.33. The van der Waals surface area contributed by atoms with Crippen molar-refractivity contribution in [2.24, 2.45) is 0 Å². The topological polar surface area (TPSA) is 52.2 Å². The predicted octanol–water partition coefficient (Wildman–Crippen LogP) is 1.21. The molecule has 3 heterocycles. The Morgan fingerprint density at radius 3 is 2.89 bits per heavy atom. The van der Waals surface area contributed by atoms with Crippen molar-refractivity contribution in [3.05, 3.63) is 18.0 Å². The lowest BCUT2D eigenvalue weighted by molar-refractivity contribution is -0.133. The summed E-state index contributed by atoms with van der Waals surface area (Å²) in [5.41, 5.74) is 1.20. The molecule has 5 nitrogen and oxygen atoms in total. The fourth-order valence-corrected chi connectivity index (χ4v) is 3.16. The van der Waals surface area contributed by atoms with Gasteiger partial charge in [-0.15, -0.1) is 0 Å². The van der Waals surface area contributed by atoms with E-state index in [0.29, 0.717) is 18.4 Å². The van der Waals surface area contributed by atoms with Gasteiger partial charge in [-0.1, -0.05) is 0 Å². The van der Waals surface area contributed by atoms with Crippen LogP contribution in [0.4, 0.5) is 0 Å². The van der Waals surface area contributed by atoms with Crippen LogP contribution < -0.4 is 0 Å². The molecule has 0 aromatic carbocycles. The number of likely N-dealkylation sites (tertiary alicyclic amines) is 2. The summed E-state index contributed by atoms with van der Waals surface area (Å²) in [6.07, 6.45) is 6.53. The van der Waals surface area contributed by atoms with Crippen LogP contribution in [0.1, 0.15) is 37.3 Å². The van der Waals surface area contributed by atoms with Gasteiger partial charge in [0.1, 0.15) is 0 Å². The van der Waals surface area contributed by atoms with Crippen LogP contribution in [-0.4, -0.2) is 58.6 Å². The highest BCUT2D eigenvalue weighted by molar-refractivity contribution is 5.78. The summed E-state index contributed by atoms with van der Waals surface area (Å²) < 4.78 is 0. The van der Waals surface area contributed by atoms with Crippen LogP contribution in [-0.2, 0) is 4.79 Å². The lowest BCUT2D eigenvalue weighted by Gasteiger charge is -2.28. The number of hydrogen-bond acceptors (Lipinski definition) is 3. The zero-order valence-corrected chi connectivity index (χ0v) is 11.3. The Morgan fingerprint density at radius 2 is 2.16 bits per heavy atom. The van der Waals surface area contributed by atoms with Crippen molar-refractivity contribution < 1.29 is 4.79 Å². The number of carbonyl (C=O) groups excluding carboxylic acids is 1. The molecule has 0 spiro atoms. The highest BCUT2D eigenvalue weighted by atomic mass is 16.2. The van der Waals surface area contributed by atoms with Crippen molar-refractivity contribution in [2.75, 3.05) is 32.7 Å². The van der Waals surface area contributed by atoms with Crippen LogP contribution in [0.25, 0.3) is 0 Å². The minimum atomic E-state index is 0.310. The van der Waals surface area contributed by atoms with E-state index in [1.807, 2.05) is 11.0 Å². The third-order valence-electron chi connectivity index (χ3n) is 4.30. The van der Waals surface area contributed by atoms with Crippen LogP contribution in [0.2, 0.25) is 0 Å². The molecule has 1 N–H and O–H groups in total. The third kappa shape index (κ3) is 2.97. The normalized spacial score (nSPS) is 24.8. The largest absolute Gasteiger partial charge is 0.342 e. The third-order valence-corrected chi connectivity index (χ3v) is 4.30. The summed E-state index contributed by atoms with van der Waals surface area (Å²) in [5, 5.41) is 7.05. The second kappa shape index (κ2) is 5.74. The SMILES string of the molecule is O=C(CN1CCC(c2ccn[nH]2)C1)N1CCCCC1. The lowest BCUT2D eigenvalue weighted by Crippen LogP contribution is -2.42. The summed E-state index contributed by atoms with van der Waals surface area (Å²) in [4.78, 5) is 16.5. The van der Waals surface area contributed by atoms with Gasteiger partial charge in [0.15, 0.2) is 0 Å². The summed E-state index contributed by atoms with van der Waals surface area (Å²) in [5.74, 6) is 0.821. The van der Waals surface area contributed by atoms with Crippen molar-refractivity contribution in [2.45, 2.75) is 31.6 Å². The molecule has 3 rings (SSSR count). The van der Waals surface area contributed by atoms with Crippen molar-refractivity contribution in [3.63, 3.8) is 0 Å². The standard InChI is InChI=1S/C14H22N4O/c19-14(18-7-2-1-3-8-18)11-17-9-5-12(10-17)13-4-6-15-16-13/h4,6,12H,1-3,5,7-11H2,(H,15,16). The number of hydrogen-bond donors (Lipinski definition) is 1. The number of piperidine rings is 1. The molecule has 19 heavy (non-hydrogen) atoms. The van der Waals surface area contributed by atoms with Gasteiger partial charge in [-0.3, -0.25) is 14.8 Å². The fourth-order valence-electron chi connectivity index (χ4n) is 3.16. The van der Waals surface area contributed by atoms with E-state index < -0.39 is 0 Å². The zero-order chi connectivity index (χ0) is 13.1. The lowest BCUT2D eigenvalue weighted by atomic mass is 10.1. The van der Waals surface area contributed by atoms with Gasteiger partial charge in [-0.25, -0.2) is 0 Å². The molecule has 1 aromatic rings. The molecule has 1 aromatic heterocycles. The Labute approximate surface area is 114 Å². The Morgan fingerprint density at radius 1 is 1.32 bits per heavy atom. The Bertz CT molecular complexity index is 411. The Kier molecular flexibility index (Phi) is 3.82. The van der Waals surface area contributed by atoms with Crippen molar-refractivity contribution in [1.82, 2.24) is 20.0 Å². The van der Waals surface area contributed by atoms with E-state index in [9.17, 15) is 4.79 Å². The molecule has 0 bridgehead atoms. The van der Waals surface area contributed by atoms with Crippen molar-refractivity contribution >= 4 is 5.91 Å². The minimum absolute atomic E-state index is 0.310. The number of carbonyl (C=O) groups is 1. The van der Waals surface area contributed by atoms with Gasteiger partial charge >= 0.3 is 0 Å². The first kappa shape index (κ1) is 12.7. The highest BCUT2D eigenvalue weighted by Gasteiger charge is 2.27. The van der Waals surface area contributed by atoms with Gasteiger partial charge < -0.3 is 4.90 Å². The first-order valence-electron chi connectivity index (χ1n) is 7.32. The van der Waals surface area contributed by atoms with Gasteiger partial charge in [-0.2, -0.15) is 5.10 Å². The van der Waals surface area contributed by atoms with Crippen LogP contribution in [0.5, 0.6) is 0 Å². The van der Waals surface area contributed by atoms with Gasteiger partial charge in [0.25, 0.3) is 0 Å². The van der Waals surface area contributed by atoms with Crippen LogP contribution in [0.15, 0.2) is 12.3 Å². The fraction of sp³-hybridized carbons (Fsp3) is 0.714. The number of nitrogens with one attached hydrogen (secondary N) is 1. The second-order valence-electron chi connectivity index (χ2n) is 5.67. The maximum Gasteiger partial charge on any atom is 0.236 e. The van der Waals surface area contributed by atoms with Crippen LogP contribution in [0.3, 0.4) is 0 Å². The molecular formula is C14H22N4O. The maximum absolute atomic E-state index is 12.2. The van der Waals surface area contributed by atoms with Crippen LogP contribution >= 0.6 is 0 Å². The molecule has 2 fully saturated rings. The molecule has 2 saturated heterocycles. The molecule has 5 heteroatoms. The number of aromatic nitrogens is 2. The van der Waals surface area contributed by atoms with E-state index in [4.69, 9.17) is 0 Å². The zero-order valence-electron chi connectivity index (χ0n) is 11.3. The molecule has 0 radical (unpaired) electrons. The smallest absolute Gasteiger partial charge is 0.236 e. The monoisotopic (exact) mass is 262 g/mol. The molecular weight excluding hydrogens is 240 g/mol. The Hall–Kier alpha value is -1.36. The summed E-state index contributed by atoms with van der Waals surface area (Å²) in [6.45, 7) is 4.49. The second-order valence-corrected chi connectivity index (χ2v) is 5.67. The molecule has 1 unspecified atom stereocenters. The highest BCUT2D eigenvalue weighted by Crippen LogP contribution is 2.25. The van der Waals surface area contributed by atoms with E-state index in [-0.39, 0.29) is 0 Å². The van der Waals surface area contributed by atoms with E-state index in [1.165, 1.54) is 25.0 Å². The van der Waals surface area contributed by atoms with Gasteiger partial charge in [0.05, 0.1) is 6.54 Å². The number of H-pyrrole nitrogens is 1. The number of nitrogens with zero attached hydrogens (tertiary/aromatic N) is 3. The number of rotatable bonds is 3. The van der Waals surface area contributed by atoms with Gasteiger partial charge in [-0.05, 0) is 38.3 Å². The summed E-state index contributed by atoms with van der Waals surface area (Å²) in [6, 6.07) is 2.04. The van der Waals surface area contributed by atoms with E-state index >= 15 is 0 Å².